The number of hydrogen-bond acceptors (Lipinski definition) is 3. The monoisotopic (exact) mass is 430 g/mol. The molecule has 0 amide bonds. The summed E-state index contributed by atoms with van der Waals surface area (Å²) in [7, 11) is 0. The molecule has 160 valence electrons. The molecule has 0 radical (unpaired) electrons. The first-order chi connectivity index (χ1) is 16.1. The van der Waals surface area contributed by atoms with Crippen molar-refractivity contribution in [2.45, 2.75) is 13.8 Å². The minimum absolute atomic E-state index is 0.750. The van der Waals surface area contributed by atoms with Gasteiger partial charge in [-0.25, -0.2) is 9.97 Å². The topological polar surface area (TPSA) is 66.6 Å². The van der Waals surface area contributed by atoms with Crippen LogP contribution in [0.5, 0.6) is 11.5 Å². The van der Waals surface area contributed by atoms with Crippen LogP contribution < -0.4 is 4.74 Å². The van der Waals surface area contributed by atoms with Crippen molar-refractivity contribution in [3.8, 4) is 34.3 Å². The van der Waals surface area contributed by atoms with Gasteiger partial charge in [0.25, 0.3) is 0 Å². The Morgan fingerprint density at radius 3 is 1.48 bits per heavy atom. The highest BCUT2D eigenvalue weighted by Gasteiger charge is 2.11. The second-order valence-electron chi connectivity index (χ2n) is 8.26. The molecule has 2 N–H and O–H groups in total. The third-order valence-corrected chi connectivity index (χ3v) is 5.94. The first-order valence-electron chi connectivity index (χ1n) is 10.9. The molecule has 4 aromatic carbocycles. The maximum absolute atomic E-state index is 6.18. The van der Waals surface area contributed by atoms with Gasteiger partial charge in [0.15, 0.2) is 0 Å². The zero-order valence-corrected chi connectivity index (χ0v) is 18.4. The summed E-state index contributed by atoms with van der Waals surface area (Å²) in [5, 5.41) is 0. The van der Waals surface area contributed by atoms with Crippen molar-refractivity contribution in [3.63, 3.8) is 0 Å². The number of benzene rings is 4. The maximum atomic E-state index is 6.18. The molecule has 0 saturated heterocycles. The van der Waals surface area contributed by atoms with Gasteiger partial charge in [-0.2, -0.15) is 0 Å². The van der Waals surface area contributed by atoms with Crippen LogP contribution in [0.1, 0.15) is 11.1 Å². The molecule has 2 heterocycles. The molecule has 2 aromatic heterocycles. The van der Waals surface area contributed by atoms with Crippen molar-refractivity contribution in [2.75, 3.05) is 0 Å². The molecule has 0 bridgehead atoms. The van der Waals surface area contributed by atoms with E-state index >= 15 is 0 Å². The Morgan fingerprint density at radius 1 is 0.576 bits per heavy atom. The molecule has 0 saturated carbocycles. The lowest BCUT2D eigenvalue weighted by molar-refractivity contribution is 0.484. The highest BCUT2D eigenvalue weighted by molar-refractivity contribution is 5.83. The van der Waals surface area contributed by atoms with Gasteiger partial charge in [-0.1, -0.05) is 48.5 Å². The fraction of sp³-hybridized carbons (Fsp3) is 0.0714. The van der Waals surface area contributed by atoms with E-state index in [9.17, 15) is 0 Å². The van der Waals surface area contributed by atoms with Crippen LogP contribution in [-0.2, 0) is 0 Å². The average molecular weight is 431 g/mol. The molecule has 0 aliphatic rings. The molecular formula is C28H22N4O. The summed E-state index contributed by atoms with van der Waals surface area (Å²) in [5.41, 5.74) is 8.28. The van der Waals surface area contributed by atoms with Crippen molar-refractivity contribution in [3.05, 3.63) is 96.1 Å². The van der Waals surface area contributed by atoms with Crippen molar-refractivity contribution >= 4 is 22.1 Å². The van der Waals surface area contributed by atoms with Gasteiger partial charge in [-0.15, -0.1) is 0 Å². The molecule has 5 heteroatoms. The van der Waals surface area contributed by atoms with E-state index in [-0.39, 0.29) is 0 Å². The second-order valence-corrected chi connectivity index (χ2v) is 8.26. The van der Waals surface area contributed by atoms with E-state index in [1.54, 1.807) is 0 Å². The minimum atomic E-state index is 0.750. The molecule has 0 atom stereocenters. The number of ether oxygens (including phenoxy) is 1. The number of rotatable bonds is 4. The Bertz CT molecular complexity index is 1500. The third kappa shape index (κ3) is 3.53. The summed E-state index contributed by atoms with van der Waals surface area (Å²) in [4.78, 5) is 16.4. The van der Waals surface area contributed by atoms with Crippen molar-refractivity contribution in [1.82, 2.24) is 19.9 Å². The molecule has 6 aromatic rings. The fourth-order valence-electron chi connectivity index (χ4n) is 4.17. The van der Waals surface area contributed by atoms with E-state index in [1.165, 1.54) is 11.1 Å². The first-order valence-corrected chi connectivity index (χ1v) is 10.9. The maximum Gasteiger partial charge on any atom is 0.138 e. The second kappa shape index (κ2) is 7.64. The van der Waals surface area contributed by atoms with E-state index in [0.717, 1.165) is 56.3 Å². The molecule has 6 rings (SSSR count). The quantitative estimate of drug-likeness (QED) is 0.311. The molecule has 5 nitrogen and oxygen atoms in total. The summed E-state index contributed by atoms with van der Waals surface area (Å²) in [6.45, 7) is 4.18. The van der Waals surface area contributed by atoms with Gasteiger partial charge in [0.2, 0.25) is 0 Å². The van der Waals surface area contributed by atoms with Crippen molar-refractivity contribution in [1.29, 1.82) is 0 Å². The average Bonchev–Trinajstić information content (AvgIpc) is 3.43. The van der Waals surface area contributed by atoms with Crippen LogP contribution in [0.15, 0.2) is 84.9 Å². The Morgan fingerprint density at radius 2 is 1.03 bits per heavy atom. The highest BCUT2D eigenvalue weighted by Crippen LogP contribution is 2.30. The summed E-state index contributed by atoms with van der Waals surface area (Å²) in [5.74, 6) is 3.23. The molecule has 0 aliphatic carbocycles. The van der Waals surface area contributed by atoms with E-state index < -0.39 is 0 Å². The number of nitrogens with zero attached hydrogens (tertiary/aromatic N) is 2. The van der Waals surface area contributed by atoms with Crippen LogP contribution in [0.2, 0.25) is 0 Å². The predicted molar refractivity (Wildman–Crippen MR) is 133 cm³/mol. The summed E-state index contributed by atoms with van der Waals surface area (Å²) >= 11 is 0. The standard InChI is InChI=1S/C28H22N4O/c1-17-7-3-5-9-21(17)27-29-23-13-11-19(15-25(23)31-27)33-20-12-14-24-26(16-20)32-28(30-24)22-10-6-4-8-18(22)2/h3-16H,1-2H3,(H,29,31)(H,30,32). The van der Waals surface area contributed by atoms with Gasteiger partial charge in [0, 0.05) is 23.3 Å². The first kappa shape index (κ1) is 19.3. The molecule has 0 unspecified atom stereocenters. The number of nitrogens with one attached hydrogen (secondary N) is 2. The van der Waals surface area contributed by atoms with Gasteiger partial charge >= 0.3 is 0 Å². The number of H-pyrrole nitrogens is 2. The lowest BCUT2D eigenvalue weighted by Gasteiger charge is -2.05. The Balaban J connectivity index is 1.31. The van der Waals surface area contributed by atoms with Crippen LogP contribution in [-0.4, -0.2) is 19.9 Å². The Hall–Kier alpha value is -4.38. The number of imidazole rings is 2. The number of aromatic nitrogens is 4. The van der Waals surface area contributed by atoms with Crippen molar-refractivity contribution in [2.24, 2.45) is 0 Å². The largest absolute Gasteiger partial charge is 0.457 e. The smallest absolute Gasteiger partial charge is 0.138 e. The van der Waals surface area contributed by atoms with Crippen molar-refractivity contribution < 1.29 is 4.74 Å². The van der Waals surface area contributed by atoms with Gasteiger partial charge < -0.3 is 14.7 Å². The van der Waals surface area contributed by atoms with Crippen LogP contribution in [0.3, 0.4) is 0 Å². The lowest BCUT2D eigenvalue weighted by atomic mass is 10.1. The van der Waals surface area contributed by atoms with Gasteiger partial charge in [-0.05, 0) is 49.2 Å². The van der Waals surface area contributed by atoms with Gasteiger partial charge in [0.1, 0.15) is 23.1 Å². The molecule has 0 aliphatic heterocycles. The predicted octanol–water partition coefficient (Wildman–Crippen LogP) is 7.18. The fourth-order valence-corrected chi connectivity index (χ4v) is 4.17. The SMILES string of the molecule is Cc1ccccc1-c1nc2ccc(Oc3ccc4nc(-c5ccccc5C)[nH]c4c3)cc2[nH]1. The van der Waals surface area contributed by atoms with E-state index in [2.05, 4.69) is 48.1 Å². The molecule has 33 heavy (non-hydrogen) atoms. The number of aryl methyl sites for hydroxylation is 2. The van der Waals surface area contributed by atoms with E-state index in [1.807, 2.05) is 60.7 Å². The van der Waals surface area contributed by atoms with Gasteiger partial charge in [0.05, 0.1) is 22.1 Å². The molecule has 0 spiro atoms. The molecular weight excluding hydrogens is 408 g/mol. The van der Waals surface area contributed by atoms with Crippen LogP contribution in [0, 0.1) is 13.8 Å². The van der Waals surface area contributed by atoms with Crippen LogP contribution in [0.4, 0.5) is 0 Å². The lowest BCUT2D eigenvalue weighted by Crippen LogP contribution is -1.84. The number of fused-ring (bicyclic) bond motifs is 2. The van der Waals surface area contributed by atoms with Crippen LogP contribution >= 0.6 is 0 Å². The summed E-state index contributed by atoms with van der Waals surface area (Å²) in [6.07, 6.45) is 0. The number of hydrogen-bond donors (Lipinski definition) is 2. The minimum Gasteiger partial charge on any atom is -0.457 e. The number of aromatic amines is 2. The van der Waals surface area contributed by atoms with E-state index in [4.69, 9.17) is 14.7 Å². The highest BCUT2D eigenvalue weighted by atomic mass is 16.5. The summed E-state index contributed by atoms with van der Waals surface area (Å²) < 4.78 is 6.18. The van der Waals surface area contributed by atoms with Gasteiger partial charge in [-0.3, -0.25) is 0 Å². The normalized spacial score (nSPS) is 11.3. The Kier molecular flexibility index (Phi) is 4.47. The zero-order valence-electron chi connectivity index (χ0n) is 18.4. The Labute approximate surface area is 191 Å². The summed E-state index contributed by atoms with van der Waals surface area (Å²) in [6, 6.07) is 28.3. The van der Waals surface area contributed by atoms with E-state index in [0.29, 0.717) is 0 Å². The van der Waals surface area contributed by atoms with Crippen LogP contribution in [0.25, 0.3) is 44.8 Å². The zero-order chi connectivity index (χ0) is 22.4. The molecule has 0 fully saturated rings. The third-order valence-electron chi connectivity index (χ3n) is 5.94.